The van der Waals surface area contributed by atoms with Gasteiger partial charge in [0.2, 0.25) is 11.8 Å². The van der Waals surface area contributed by atoms with E-state index in [1.807, 2.05) is 42.7 Å². The third-order valence-corrected chi connectivity index (χ3v) is 5.43. The number of likely N-dealkylation sites (N-methyl/N-ethyl adjacent to an activating group) is 1. The minimum absolute atomic E-state index is 0.182. The highest BCUT2D eigenvalue weighted by molar-refractivity contribution is 7.98. The number of nitrogens with zero attached hydrogens (tertiary/aromatic N) is 2. The number of para-hydroxylation sites is 1. The smallest absolute Gasteiger partial charge is 0.237 e. The van der Waals surface area contributed by atoms with Crippen LogP contribution in [0.2, 0.25) is 0 Å². The fourth-order valence-corrected chi connectivity index (χ4v) is 3.81. The Morgan fingerprint density at radius 2 is 1.92 bits per heavy atom. The van der Waals surface area contributed by atoms with Gasteiger partial charge in [-0.3, -0.25) is 9.59 Å². The number of nitriles is 1. The van der Waals surface area contributed by atoms with E-state index in [1.165, 1.54) is 0 Å². The van der Waals surface area contributed by atoms with Crippen LogP contribution in [0.1, 0.15) is 17.0 Å². The van der Waals surface area contributed by atoms with E-state index >= 15 is 0 Å². The zero-order valence-corrected chi connectivity index (χ0v) is 15.4. The SMILES string of the molecule is CSc1ccccc1NC(=O)[C@H]1C(=O)N(C)C[C@@H]1c1ccc(C#N)cc1. The van der Waals surface area contributed by atoms with Crippen LogP contribution in [0.5, 0.6) is 0 Å². The molecule has 5 nitrogen and oxygen atoms in total. The van der Waals surface area contributed by atoms with Gasteiger partial charge in [-0.25, -0.2) is 0 Å². The van der Waals surface area contributed by atoms with E-state index in [1.54, 1.807) is 35.8 Å². The lowest BCUT2D eigenvalue weighted by Gasteiger charge is -2.18. The quantitative estimate of drug-likeness (QED) is 0.667. The Morgan fingerprint density at radius 3 is 2.58 bits per heavy atom. The Morgan fingerprint density at radius 1 is 1.23 bits per heavy atom. The second-order valence-corrected chi connectivity index (χ2v) is 7.07. The van der Waals surface area contributed by atoms with Crippen molar-refractivity contribution in [2.75, 3.05) is 25.2 Å². The van der Waals surface area contributed by atoms with Crippen LogP contribution in [0.25, 0.3) is 0 Å². The van der Waals surface area contributed by atoms with Crippen LogP contribution < -0.4 is 5.32 Å². The van der Waals surface area contributed by atoms with Crippen LogP contribution in [-0.2, 0) is 9.59 Å². The highest BCUT2D eigenvalue weighted by atomic mass is 32.2. The molecule has 6 heteroatoms. The van der Waals surface area contributed by atoms with Crippen molar-refractivity contribution in [3.63, 3.8) is 0 Å². The van der Waals surface area contributed by atoms with E-state index in [0.717, 1.165) is 10.5 Å². The molecule has 2 atom stereocenters. The van der Waals surface area contributed by atoms with Gasteiger partial charge < -0.3 is 10.2 Å². The van der Waals surface area contributed by atoms with E-state index < -0.39 is 5.92 Å². The topological polar surface area (TPSA) is 73.2 Å². The zero-order chi connectivity index (χ0) is 18.7. The number of nitrogens with one attached hydrogen (secondary N) is 1. The Hall–Kier alpha value is -2.78. The first kappa shape index (κ1) is 18.0. The number of likely N-dealkylation sites (tertiary alicyclic amines) is 1. The van der Waals surface area contributed by atoms with E-state index in [4.69, 9.17) is 5.26 Å². The van der Waals surface area contributed by atoms with Gasteiger partial charge in [0.1, 0.15) is 5.92 Å². The number of hydrogen-bond donors (Lipinski definition) is 1. The molecule has 0 unspecified atom stereocenters. The van der Waals surface area contributed by atoms with Crippen molar-refractivity contribution in [3.8, 4) is 6.07 Å². The first-order valence-corrected chi connectivity index (χ1v) is 9.46. The van der Waals surface area contributed by atoms with Crippen LogP contribution >= 0.6 is 11.8 Å². The average molecular weight is 365 g/mol. The summed E-state index contributed by atoms with van der Waals surface area (Å²) in [6, 6.07) is 16.7. The fraction of sp³-hybridized carbons (Fsp3) is 0.250. The molecule has 1 heterocycles. The van der Waals surface area contributed by atoms with Crippen molar-refractivity contribution in [2.24, 2.45) is 5.92 Å². The standard InChI is InChI=1S/C20H19N3O2S/c1-23-12-15(14-9-7-13(11-21)8-10-14)18(20(23)25)19(24)22-16-5-3-4-6-17(16)26-2/h3-10,15,18H,12H2,1-2H3,(H,22,24)/t15-,18+/m1/s1. The fourth-order valence-electron chi connectivity index (χ4n) is 3.26. The largest absolute Gasteiger partial charge is 0.344 e. The number of rotatable bonds is 4. The molecular weight excluding hydrogens is 346 g/mol. The number of carbonyl (C=O) groups excluding carboxylic acids is 2. The van der Waals surface area contributed by atoms with Gasteiger partial charge >= 0.3 is 0 Å². The lowest BCUT2D eigenvalue weighted by molar-refractivity contribution is -0.135. The van der Waals surface area contributed by atoms with Gasteiger partial charge in [-0.05, 0) is 36.1 Å². The maximum atomic E-state index is 12.9. The third-order valence-electron chi connectivity index (χ3n) is 4.63. The van der Waals surface area contributed by atoms with Crippen molar-refractivity contribution < 1.29 is 9.59 Å². The molecular formula is C20H19N3O2S. The molecule has 0 aromatic heterocycles. The zero-order valence-electron chi connectivity index (χ0n) is 14.6. The van der Waals surface area contributed by atoms with Gasteiger partial charge in [0.05, 0.1) is 17.3 Å². The molecule has 1 N–H and O–H groups in total. The van der Waals surface area contributed by atoms with E-state index in [-0.39, 0.29) is 17.7 Å². The molecule has 3 rings (SSSR count). The average Bonchev–Trinajstić information content (AvgIpc) is 2.97. The number of benzene rings is 2. The van der Waals surface area contributed by atoms with Gasteiger partial charge in [-0.15, -0.1) is 11.8 Å². The summed E-state index contributed by atoms with van der Waals surface area (Å²) in [5.74, 6) is -1.49. The summed E-state index contributed by atoms with van der Waals surface area (Å²) in [5, 5.41) is 11.9. The summed E-state index contributed by atoms with van der Waals surface area (Å²) in [4.78, 5) is 28.1. The van der Waals surface area contributed by atoms with E-state index in [0.29, 0.717) is 17.8 Å². The Labute approximate surface area is 157 Å². The lowest BCUT2D eigenvalue weighted by Crippen LogP contribution is -2.32. The second kappa shape index (κ2) is 7.63. The molecule has 0 bridgehead atoms. The van der Waals surface area contributed by atoms with Crippen molar-refractivity contribution >= 4 is 29.3 Å². The Kier molecular flexibility index (Phi) is 5.29. The molecule has 0 spiro atoms. The van der Waals surface area contributed by atoms with Crippen LogP contribution in [0.15, 0.2) is 53.4 Å². The molecule has 2 amide bonds. The molecule has 1 aliphatic heterocycles. The minimum atomic E-state index is -0.775. The van der Waals surface area contributed by atoms with Crippen molar-refractivity contribution in [1.82, 2.24) is 4.90 Å². The summed E-state index contributed by atoms with van der Waals surface area (Å²) in [6.45, 7) is 0.479. The summed E-state index contributed by atoms with van der Waals surface area (Å²) in [7, 11) is 1.71. The highest BCUT2D eigenvalue weighted by Crippen LogP contribution is 2.35. The molecule has 1 aliphatic rings. The molecule has 1 saturated heterocycles. The molecule has 132 valence electrons. The molecule has 2 aromatic carbocycles. The number of anilines is 1. The van der Waals surface area contributed by atoms with Gasteiger partial charge in [0.15, 0.2) is 0 Å². The predicted molar refractivity (Wildman–Crippen MR) is 102 cm³/mol. The first-order valence-electron chi connectivity index (χ1n) is 8.24. The second-order valence-electron chi connectivity index (χ2n) is 6.23. The van der Waals surface area contributed by atoms with Crippen molar-refractivity contribution in [1.29, 1.82) is 5.26 Å². The monoisotopic (exact) mass is 365 g/mol. The van der Waals surface area contributed by atoms with Crippen LogP contribution in [0.3, 0.4) is 0 Å². The number of carbonyl (C=O) groups is 2. The van der Waals surface area contributed by atoms with Crippen LogP contribution in [0.4, 0.5) is 5.69 Å². The molecule has 0 saturated carbocycles. The molecule has 26 heavy (non-hydrogen) atoms. The summed E-state index contributed by atoms with van der Waals surface area (Å²) < 4.78 is 0. The number of amides is 2. The van der Waals surface area contributed by atoms with E-state index in [2.05, 4.69) is 11.4 Å². The molecule has 0 radical (unpaired) electrons. The van der Waals surface area contributed by atoms with Gasteiger partial charge in [0, 0.05) is 24.4 Å². The van der Waals surface area contributed by atoms with E-state index in [9.17, 15) is 9.59 Å². The maximum absolute atomic E-state index is 12.9. The molecule has 0 aliphatic carbocycles. The summed E-state index contributed by atoms with van der Waals surface area (Å²) in [5.41, 5.74) is 2.16. The molecule has 1 fully saturated rings. The Balaban J connectivity index is 1.88. The van der Waals surface area contributed by atoms with Crippen LogP contribution in [-0.4, -0.2) is 36.6 Å². The lowest BCUT2D eigenvalue weighted by atomic mass is 9.87. The van der Waals surface area contributed by atoms with Crippen molar-refractivity contribution in [2.45, 2.75) is 10.8 Å². The minimum Gasteiger partial charge on any atom is -0.344 e. The van der Waals surface area contributed by atoms with Gasteiger partial charge in [0.25, 0.3) is 0 Å². The maximum Gasteiger partial charge on any atom is 0.237 e. The molecule has 2 aromatic rings. The Bertz CT molecular complexity index is 873. The third kappa shape index (κ3) is 3.44. The van der Waals surface area contributed by atoms with Crippen molar-refractivity contribution in [3.05, 3.63) is 59.7 Å². The normalized spacial score (nSPS) is 19.3. The highest BCUT2D eigenvalue weighted by Gasteiger charge is 2.44. The van der Waals surface area contributed by atoms with Crippen LogP contribution in [0, 0.1) is 17.2 Å². The summed E-state index contributed by atoms with van der Waals surface area (Å²) in [6.07, 6.45) is 1.94. The number of thioether (sulfide) groups is 1. The number of hydrogen-bond acceptors (Lipinski definition) is 4. The predicted octanol–water partition coefficient (Wildman–Crippen LogP) is 3.09. The van der Waals surface area contributed by atoms with Gasteiger partial charge in [-0.2, -0.15) is 5.26 Å². The first-order chi connectivity index (χ1) is 12.5. The van der Waals surface area contributed by atoms with Gasteiger partial charge in [-0.1, -0.05) is 24.3 Å². The summed E-state index contributed by atoms with van der Waals surface area (Å²) >= 11 is 1.54.